The van der Waals surface area contributed by atoms with Gasteiger partial charge in [0.05, 0.1) is 19.3 Å². The molecule has 39 heavy (non-hydrogen) atoms. The molecule has 0 aromatic carbocycles. The third-order valence-electron chi connectivity index (χ3n) is 6.90. The number of carbonyl (C=O) groups is 2. The lowest BCUT2D eigenvalue weighted by atomic mass is 10.0. The summed E-state index contributed by atoms with van der Waals surface area (Å²) in [6.07, 6.45) is 16.6. The molecule has 0 amide bonds. The molecule has 232 valence electrons. The van der Waals surface area contributed by atoms with Crippen molar-refractivity contribution in [1.29, 1.82) is 0 Å². The quantitative estimate of drug-likeness (QED) is 0.0822. The molecule has 3 unspecified atom stereocenters. The van der Waals surface area contributed by atoms with E-state index in [4.69, 9.17) is 15.2 Å². The average Bonchev–Trinajstić information content (AvgIpc) is 2.92. The standard InChI is InChI=1S/C30H60N2O7/c1-3-5-6-7-8-9-10-11-12-13-14-15-16-20-29(36)39-25-27(35)23-32(22-26(34)24-33)21-18-17-19-28(31)30(37)38-4-2/h26-28,33-35H,3-25,31H2,1-2H3. The number of nitrogens with zero attached hydrogens (tertiary/aromatic N) is 1. The van der Waals surface area contributed by atoms with Gasteiger partial charge in [-0.15, -0.1) is 0 Å². The third kappa shape index (κ3) is 24.3. The van der Waals surface area contributed by atoms with E-state index in [0.29, 0.717) is 38.8 Å². The van der Waals surface area contributed by atoms with Crippen molar-refractivity contribution in [2.45, 2.75) is 141 Å². The topological polar surface area (TPSA) is 143 Å². The first kappa shape index (κ1) is 37.7. The van der Waals surface area contributed by atoms with E-state index in [-0.39, 0.29) is 32.3 Å². The second-order valence-electron chi connectivity index (χ2n) is 10.8. The highest BCUT2D eigenvalue weighted by atomic mass is 16.5. The van der Waals surface area contributed by atoms with Gasteiger partial charge in [-0.05, 0) is 32.7 Å². The Kier molecular flexibility index (Phi) is 26.1. The molecule has 0 aromatic rings. The maximum atomic E-state index is 12.1. The number of esters is 2. The monoisotopic (exact) mass is 560 g/mol. The SMILES string of the molecule is CCCCCCCCCCCCCCCC(=O)OCC(O)CN(CCCCC(N)C(=O)OCC)CC(O)CO. The molecule has 9 heteroatoms. The number of hydrogen-bond donors (Lipinski definition) is 4. The van der Waals surface area contributed by atoms with E-state index in [0.717, 1.165) is 19.3 Å². The molecule has 0 aliphatic heterocycles. The van der Waals surface area contributed by atoms with E-state index in [1.54, 1.807) is 6.92 Å². The first-order valence-electron chi connectivity index (χ1n) is 15.6. The lowest BCUT2D eigenvalue weighted by Crippen LogP contribution is -2.41. The van der Waals surface area contributed by atoms with Crippen LogP contribution in [0.25, 0.3) is 0 Å². The highest BCUT2D eigenvalue weighted by Crippen LogP contribution is 2.13. The molecule has 0 aliphatic rings. The van der Waals surface area contributed by atoms with Crippen LogP contribution in [0.4, 0.5) is 0 Å². The number of hydrogen-bond acceptors (Lipinski definition) is 9. The van der Waals surface area contributed by atoms with E-state index in [9.17, 15) is 24.9 Å². The van der Waals surface area contributed by atoms with Gasteiger partial charge in [-0.2, -0.15) is 0 Å². The van der Waals surface area contributed by atoms with Crippen molar-refractivity contribution in [2.24, 2.45) is 5.73 Å². The first-order valence-corrected chi connectivity index (χ1v) is 15.6. The average molecular weight is 561 g/mol. The minimum absolute atomic E-state index is 0.100. The molecule has 0 bridgehead atoms. The van der Waals surface area contributed by atoms with Crippen LogP contribution < -0.4 is 5.73 Å². The summed E-state index contributed by atoms with van der Waals surface area (Å²) in [5.74, 6) is -0.715. The van der Waals surface area contributed by atoms with Crippen molar-refractivity contribution in [1.82, 2.24) is 4.90 Å². The summed E-state index contributed by atoms with van der Waals surface area (Å²) in [6, 6.07) is -0.665. The van der Waals surface area contributed by atoms with Crippen molar-refractivity contribution in [3.05, 3.63) is 0 Å². The Morgan fingerprint density at radius 2 is 1.28 bits per heavy atom. The van der Waals surface area contributed by atoms with Crippen molar-refractivity contribution in [3.8, 4) is 0 Å². The smallest absolute Gasteiger partial charge is 0.322 e. The van der Waals surface area contributed by atoms with Crippen LogP contribution in [0.5, 0.6) is 0 Å². The van der Waals surface area contributed by atoms with Crippen LogP contribution >= 0.6 is 0 Å². The Morgan fingerprint density at radius 3 is 1.82 bits per heavy atom. The zero-order chi connectivity index (χ0) is 29.1. The fourth-order valence-corrected chi connectivity index (χ4v) is 4.58. The normalized spacial score (nSPS) is 13.8. The van der Waals surface area contributed by atoms with Crippen LogP contribution in [0, 0.1) is 0 Å². The summed E-state index contributed by atoms with van der Waals surface area (Å²) < 4.78 is 10.2. The van der Waals surface area contributed by atoms with Gasteiger partial charge < -0.3 is 30.5 Å². The van der Waals surface area contributed by atoms with E-state index in [1.807, 2.05) is 4.90 Å². The van der Waals surface area contributed by atoms with Crippen molar-refractivity contribution < 1.29 is 34.4 Å². The fraction of sp³-hybridized carbons (Fsp3) is 0.933. The molecule has 0 saturated carbocycles. The highest BCUT2D eigenvalue weighted by Gasteiger charge is 2.18. The maximum Gasteiger partial charge on any atom is 0.322 e. The van der Waals surface area contributed by atoms with Gasteiger partial charge in [-0.3, -0.25) is 14.5 Å². The van der Waals surface area contributed by atoms with E-state index >= 15 is 0 Å². The Bertz CT molecular complexity index is 580. The molecular weight excluding hydrogens is 500 g/mol. The van der Waals surface area contributed by atoms with Gasteiger partial charge in [0.2, 0.25) is 0 Å². The van der Waals surface area contributed by atoms with Crippen LogP contribution in [0.15, 0.2) is 0 Å². The number of carbonyl (C=O) groups excluding carboxylic acids is 2. The molecule has 0 rings (SSSR count). The van der Waals surface area contributed by atoms with Crippen molar-refractivity contribution >= 4 is 11.9 Å². The van der Waals surface area contributed by atoms with Gasteiger partial charge in [-0.25, -0.2) is 0 Å². The zero-order valence-corrected chi connectivity index (χ0v) is 25.0. The second-order valence-corrected chi connectivity index (χ2v) is 10.8. The van der Waals surface area contributed by atoms with Crippen LogP contribution in [0.3, 0.4) is 0 Å². The lowest BCUT2D eigenvalue weighted by molar-refractivity contribution is -0.147. The van der Waals surface area contributed by atoms with E-state index < -0.39 is 24.2 Å². The Morgan fingerprint density at radius 1 is 0.744 bits per heavy atom. The number of aliphatic hydroxyl groups is 3. The second kappa shape index (κ2) is 26.9. The van der Waals surface area contributed by atoms with Gasteiger partial charge >= 0.3 is 11.9 Å². The fourth-order valence-electron chi connectivity index (χ4n) is 4.58. The highest BCUT2D eigenvalue weighted by molar-refractivity contribution is 5.75. The van der Waals surface area contributed by atoms with Crippen LogP contribution in [0.2, 0.25) is 0 Å². The van der Waals surface area contributed by atoms with Gasteiger partial charge in [0.1, 0.15) is 18.8 Å². The van der Waals surface area contributed by atoms with Crippen molar-refractivity contribution in [2.75, 3.05) is 39.5 Å². The van der Waals surface area contributed by atoms with Crippen LogP contribution in [0.1, 0.15) is 123 Å². The lowest BCUT2D eigenvalue weighted by Gasteiger charge is -2.26. The van der Waals surface area contributed by atoms with Gasteiger partial charge in [0, 0.05) is 19.5 Å². The minimum atomic E-state index is -0.933. The van der Waals surface area contributed by atoms with Gasteiger partial charge in [0.15, 0.2) is 0 Å². The predicted molar refractivity (Wildman–Crippen MR) is 155 cm³/mol. The maximum absolute atomic E-state index is 12.1. The van der Waals surface area contributed by atoms with E-state index in [1.165, 1.54) is 64.2 Å². The Hall–Kier alpha value is -1.26. The molecule has 0 aromatic heterocycles. The third-order valence-corrected chi connectivity index (χ3v) is 6.90. The summed E-state index contributed by atoms with van der Waals surface area (Å²) in [6.45, 7) is 4.72. The summed E-state index contributed by atoms with van der Waals surface area (Å²) in [4.78, 5) is 25.5. The van der Waals surface area contributed by atoms with Crippen molar-refractivity contribution in [3.63, 3.8) is 0 Å². The Balaban J connectivity index is 3.96. The molecule has 3 atom stereocenters. The Labute approximate surface area is 237 Å². The molecule has 0 radical (unpaired) electrons. The number of nitrogens with two attached hydrogens (primary N) is 1. The summed E-state index contributed by atoms with van der Waals surface area (Å²) in [5, 5.41) is 29.4. The zero-order valence-electron chi connectivity index (χ0n) is 25.0. The van der Waals surface area contributed by atoms with Gasteiger partial charge in [0.25, 0.3) is 0 Å². The minimum Gasteiger partial charge on any atom is -0.465 e. The van der Waals surface area contributed by atoms with E-state index in [2.05, 4.69) is 6.92 Å². The molecule has 5 N–H and O–H groups in total. The summed E-state index contributed by atoms with van der Waals surface area (Å²) in [5.41, 5.74) is 5.82. The molecule has 0 heterocycles. The molecule has 9 nitrogen and oxygen atoms in total. The number of rotatable bonds is 28. The van der Waals surface area contributed by atoms with Crippen LogP contribution in [-0.2, 0) is 19.1 Å². The molecule has 0 spiro atoms. The number of ether oxygens (including phenoxy) is 2. The molecule has 0 saturated heterocycles. The van der Waals surface area contributed by atoms with Crippen LogP contribution in [-0.4, -0.2) is 89.9 Å². The summed E-state index contributed by atoms with van der Waals surface area (Å²) >= 11 is 0. The summed E-state index contributed by atoms with van der Waals surface area (Å²) in [7, 11) is 0. The largest absolute Gasteiger partial charge is 0.465 e. The molecule has 0 aliphatic carbocycles. The number of aliphatic hydroxyl groups excluding tert-OH is 3. The first-order chi connectivity index (χ1) is 18.8. The molecule has 0 fully saturated rings. The predicted octanol–water partition coefficient (Wildman–Crippen LogP) is 4.09. The van der Waals surface area contributed by atoms with Gasteiger partial charge in [-0.1, -0.05) is 90.4 Å². The molecular formula is C30H60N2O7. The number of unbranched alkanes of at least 4 members (excludes halogenated alkanes) is 13.